The Kier molecular flexibility index (Phi) is 5.50. The minimum absolute atomic E-state index is 0.188. The molecule has 0 radical (unpaired) electrons. The van der Waals surface area contributed by atoms with Gasteiger partial charge in [-0.2, -0.15) is 0 Å². The Morgan fingerprint density at radius 1 is 1.44 bits per heavy atom. The second-order valence-electron chi connectivity index (χ2n) is 4.75. The molecule has 1 saturated carbocycles. The summed E-state index contributed by atoms with van der Waals surface area (Å²) in [7, 11) is 1.40. The number of esters is 1. The summed E-state index contributed by atoms with van der Waals surface area (Å²) in [5, 5.41) is 0. The van der Waals surface area contributed by atoms with Gasteiger partial charge < -0.3 is 4.74 Å². The van der Waals surface area contributed by atoms with Crippen LogP contribution in [0.1, 0.15) is 51.9 Å². The lowest BCUT2D eigenvalue weighted by atomic mass is 9.97. The Balaban J connectivity index is 2.29. The van der Waals surface area contributed by atoms with Crippen molar-refractivity contribution in [3.8, 4) is 0 Å². The monoisotopic (exact) mass is 226 g/mol. The van der Waals surface area contributed by atoms with E-state index in [-0.39, 0.29) is 17.8 Å². The van der Waals surface area contributed by atoms with E-state index in [4.69, 9.17) is 0 Å². The van der Waals surface area contributed by atoms with Crippen molar-refractivity contribution in [2.45, 2.75) is 51.9 Å². The number of carbonyl (C=O) groups excluding carboxylic acids is 2. The number of Topliss-reactive ketones (excluding diaryl/α,β-unsaturated/α-hetero) is 1. The van der Waals surface area contributed by atoms with Gasteiger partial charge in [-0.3, -0.25) is 9.59 Å². The molecule has 0 aromatic carbocycles. The van der Waals surface area contributed by atoms with E-state index in [9.17, 15) is 9.59 Å². The van der Waals surface area contributed by atoms with Crippen LogP contribution in [-0.2, 0) is 14.3 Å². The van der Waals surface area contributed by atoms with Crippen molar-refractivity contribution in [3.05, 3.63) is 0 Å². The first-order valence-electron chi connectivity index (χ1n) is 6.26. The van der Waals surface area contributed by atoms with Gasteiger partial charge in [0.2, 0.25) is 0 Å². The van der Waals surface area contributed by atoms with Crippen LogP contribution in [0, 0.1) is 11.8 Å². The third kappa shape index (κ3) is 3.95. The summed E-state index contributed by atoms with van der Waals surface area (Å²) in [6.45, 7) is 2.16. The molecule has 2 atom stereocenters. The van der Waals surface area contributed by atoms with E-state index in [2.05, 4.69) is 11.7 Å². The standard InChI is InChI=1S/C13H22O3/c1-3-4-5-6-11-7-10(8-12(11)14)9-13(15)16-2/h10-11H,3-9H2,1-2H3. The van der Waals surface area contributed by atoms with Gasteiger partial charge in [-0.25, -0.2) is 0 Å². The minimum Gasteiger partial charge on any atom is -0.469 e. The third-order valence-corrected chi connectivity index (χ3v) is 3.40. The summed E-state index contributed by atoms with van der Waals surface area (Å²) < 4.78 is 4.63. The van der Waals surface area contributed by atoms with E-state index in [0.29, 0.717) is 18.6 Å². The summed E-state index contributed by atoms with van der Waals surface area (Å²) >= 11 is 0. The molecule has 0 saturated heterocycles. The van der Waals surface area contributed by atoms with Crippen molar-refractivity contribution in [2.75, 3.05) is 7.11 Å². The fourth-order valence-corrected chi connectivity index (χ4v) is 2.46. The number of unbranched alkanes of at least 4 members (excludes halogenated alkanes) is 2. The number of methoxy groups -OCH3 is 1. The largest absolute Gasteiger partial charge is 0.469 e. The van der Waals surface area contributed by atoms with Gasteiger partial charge in [0.25, 0.3) is 0 Å². The molecule has 0 N–H and O–H groups in total. The highest BCUT2D eigenvalue weighted by atomic mass is 16.5. The maximum Gasteiger partial charge on any atom is 0.305 e. The molecular weight excluding hydrogens is 204 g/mol. The SMILES string of the molecule is CCCCCC1CC(CC(=O)OC)CC1=O. The van der Waals surface area contributed by atoms with Crippen molar-refractivity contribution in [1.29, 1.82) is 0 Å². The summed E-state index contributed by atoms with van der Waals surface area (Å²) in [5.41, 5.74) is 0. The highest BCUT2D eigenvalue weighted by Crippen LogP contribution is 2.33. The average Bonchev–Trinajstić information content (AvgIpc) is 2.59. The van der Waals surface area contributed by atoms with Gasteiger partial charge in [0.15, 0.2) is 0 Å². The summed E-state index contributed by atoms with van der Waals surface area (Å²) in [5.74, 6) is 0.602. The molecule has 0 bridgehead atoms. The minimum atomic E-state index is -0.188. The van der Waals surface area contributed by atoms with Gasteiger partial charge in [0, 0.05) is 18.8 Å². The van der Waals surface area contributed by atoms with Gasteiger partial charge in [-0.15, -0.1) is 0 Å². The topological polar surface area (TPSA) is 43.4 Å². The molecule has 0 amide bonds. The lowest BCUT2D eigenvalue weighted by Gasteiger charge is -2.08. The molecule has 1 fully saturated rings. The van der Waals surface area contributed by atoms with Crippen molar-refractivity contribution < 1.29 is 14.3 Å². The van der Waals surface area contributed by atoms with Crippen LogP contribution in [0.25, 0.3) is 0 Å². The Morgan fingerprint density at radius 2 is 2.19 bits per heavy atom. The number of hydrogen-bond acceptors (Lipinski definition) is 3. The third-order valence-electron chi connectivity index (χ3n) is 3.40. The first kappa shape index (κ1) is 13.2. The molecule has 92 valence electrons. The summed E-state index contributed by atoms with van der Waals surface area (Å²) in [6, 6.07) is 0. The van der Waals surface area contributed by atoms with E-state index in [0.717, 1.165) is 19.3 Å². The maximum atomic E-state index is 11.7. The highest BCUT2D eigenvalue weighted by Gasteiger charge is 2.33. The number of carbonyl (C=O) groups is 2. The van der Waals surface area contributed by atoms with E-state index in [1.54, 1.807) is 0 Å². The van der Waals surface area contributed by atoms with E-state index < -0.39 is 0 Å². The zero-order valence-corrected chi connectivity index (χ0v) is 10.3. The smallest absolute Gasteiger partial charge is 0.305 e. The van der Waals surface area contributed by atoms with Crippen LogP contribution in [0.3, 0.4) is 0 Å². The number of rotatable bonds is 6. The van der Waals surface area contributed by atoms with Crippen LogP contribution in [0.5, 0.6) is 0 Å². The lowest BCUT2D eigenvalue weighted by Crippen LogP contribution is -2.07. The van der Waals surface area contributed by atoms with Crippen LogP contribution in [0.2, 0.25) is 0 Å². The first-order valence-corrected chi connectivity index (χ1v) is 6.26. The van der Waals surface area contributed by atoms with Crippen LogP contribution in [0.4, 0.5) is 0 Å². The molecule has 0 heterocycles. The average molecular weight is 226 g/mol. The summed E-state index contributed by atoms with van der Waals surface area (Å²) in [6.07, 6.45) is 6.40. The second-order valence-corrected chi connectivity index (χ2v) is 4.75. The fraction of sp³-hybridized carbons (Fsp3) is 0.846. The quantitative estimate of drug-likeness (QED) is 0.516. The van der Waals surface area contributed by atoms with Crippen LogP contribution in [-0.4, -0.2) is 18.9 Å². The molecular formula is C13H22O3. The van der Waals surface area contributed by atoms with Crippen molar-refractivity contribution in [3.63, 3.8) is 0 Å². The number of ether oxygens (including phenoxy) is 1. The number of hydrogen-bond donors (Lipinski definition) is 0. The Labute approximate surface area is 97.5 Å². The second kappa shape index (κ2) is 6.66. The maximum absolute atomic E-state index is 11.7. The van der Waals surface area contributed by atoms with Crippen molar-refractivity contribution >= 4 is 11.8 Å². The Morgan fingerprint density at radius 3 is 2.81 bits per heavy atom. The predicted octanol–water partition coefficient (Wildman–Crippen LogP) is 2.73. The van der Waals surface area contributed by atoms with Crippen molar-refractivity contribution in [2.24, 2.45) is 11.8 Å². The van der Waals surface area contributed by atoms with E-state index in [1.807, 2.05) is 0 Å². The molecule has 3 heteroatoms. The van der Waals surface area contributed by atoms with Gasteiger partial charge in [0.05, 0.1) is 7.11 Å². The van der Waals surface area contributed by atoms with Crippen LogP contribution in [0.15, 0.2) is 0 Å². The molecule has 0 aliphatic heterocycles. The molecule has 1 aliphatic carbocycles. The molecule has 2 unspecified atom stereocenters. The van der Waals surface area contributed by atoms with E-state index in [1.165, 1.54) is 20.0 Å². The van der Waals surface area contributed by atoms with E-state index >= 15 is 0 Å². The predicted molar refractivity (Wildman–Crippen MR) is 62.0 cm³/mol. The van der Waals surface area contributed by atoms with Gasteiger partial charge in [-0.05, 0) is 18.8 Å². The zero-order chi connectivity index (χ0) is 12.0. The number of ketones is 1. The van der Waals surface area contributed by atoms with Gasteiger partial charge in [-0.1, -0.05) is 26.2 Å². The van der Waals surface area contributed by atoms with Crippen LogP contribution >= 0.6 is 0 Å². The van der Waals surface area contributed by atoms with Crippen LogP contribution < -0.4 is 0 Å². The normalized spacial score (nSPS) is 24.8. The van der Waals surface area contributed by atoms with Gasteiger partial charge >= 0.3 is 5.97 Å². The molecule has 0 aromatic rings. The Hall–Kier alpha value is -0.860. The molecule has 0 spiro atoms. The van der Waals surface area contributed by atoms with Crippen molar-refractivity contribution in [1.82, 2.24) is 0 Å². The zero-order valence-electron chi connectivity index (χ0n) is 10.3. The molecule has 3 nitrogen and oxygen atoms in total. The molecule has 16 heavy (non-hydrogen) atoms. The van der Waals surface area contributed by atoms with Gasteiger partial charge in [0.1, 0.15) is 5.78 Å². The highest BCUT2D eigenvalue weighted by molar-refractivity contribution is 5.84. The first-order chi connectivity index (χ1) is 7.67. The Bertz CT molecular complexity index is 248. The molecule has 0 aromatic heterocycles. The summed E-state index contributed by atoms with van der Waals surface area (Å²) in [4.78, 5) is 22.8. The lowest BCUT2D eigenvalue weighted by molar-refractivity contribution is -0.141. The molecule has 1 aliphatic rings. The molecule has 1 rings (SSSR count). The fourth-order valence-electron chi connectivity index (χ4n) is 2.46.